The first-order valence-electron chi connectivity index (χ1n) is 5.05. The van der Waals surface area contributed by atoms with Crippen molar-refractivity contribution < 1.29 is 4.92 Å². The third-order valence-electron chi connectivity index (χ3n) is 2.30. The third-order valence-corrected chi connectivity index (χ3v) is 2.30. The minimum absolute atomic E-state index is 0.0975. The van der Waals surface area contributed by atoms with Crippen molar-refractivity contribution in [3.05, 3.63) is 46.1 Å². The van der Waals surface area contributed by atoms with Crippen molar-refractivity contribution in [2.45, 2.75) is 0 Å². The molecule has 1 N–H and O–H groups in total. The van der Waals surface area contributed by atoms with Crippen molar-refractivity contribution in [1.29, 1.82) is 5.26 Å². The Bertz CT molecular complexity index is 641. The number of nitro groups is 1. The lowest BCUT2D eigenvalue weighted by molar-refractivity contribution is -0.383. The number of nitrogens with zero attached hydrogens (tertiary/aromatic N) is 4. The molecule has 2 aromatic rings. The number of rotatable bonds is 3. The summed E-state index contributed by atoms with van der Waals surface area (Å²) in [5, 5.41) is 26.6. The number of aromatic nitrogens is 2. The third kappa shape index (κ3) is 2.27. The van der Waals surface area contributed by atoms with E-state index in [1.807, 2.05) is 6.07 Å². The van der Waals surface area contributed by atoms with Gasteiger partial charge in [-0.05, 0) is 12.1 Å². The molecule has 0 fully saturated rings. The summed E-state index contributed by atoms with van der Waals surface area (Å²) in [6, 6.07) is 7.74. The minimum Gasteiger partial charge on any atom is -0.333 e. The van der Waals surface area contributed by atoms with Gasteiger partial charge in [0.2, 0.25) is 0 Å². The van der Waals surface area contributed by atoms with Crippen molar-refractivity contribution in [3.63, 3.8) is 0 Å². The van der Waals surface area contributed by atoms with E-state index in [2.05, 4.69) is 10.4 Å². The van der Waals surface area contributed by atoms with E-state index in [1.54, 1.807) is 24.0 Å². The molecular weight excluding hydrogens is 234 g/mol. The zero-order valence-corrected chi connectivity index (χ0v) is 9.49. The molecule has 0 amide bonds. The average Bonchev–Trinajstić information content (AvgIpc) is 2.74. The van der Waals surface area contributed by atoms with Crippen molar-refractivity contribution in [2.75, 3.05) is 5.32 Å². The van der Waals surface area contributed by atoms with Gasteiger partial charge < -0.3 is 5.32 Å². The first-order valence-corrected chi connectivity index (χ1v) is 5.05. The number of hydrogen-bond donors (Lipinski definition) is 1. The Labute approximate surface area is 102 Å². The van der Waals surface area contributed by atoms with Crippen LogP contribution in [0.1, 0.15) is 5.56 Å². The zero-order valence-electron chi connectivity index (χ0n) is 9.49. The van der Waals surface area contributed by atoms with Gasteiger partial charge in [0.25, 0.3) is 5.69 Å². The monoisotopic (exact) mass is 243 g/mol. The molecule has 90 valence electrons. The van der Waals surface area contributed by atoms with Crippen LogP contribution in [0.2, 0.25) is 0 Å². The smallest absolute Gasteiger partial charge is 0.292 e. The summed E-state index contributed by atoms with van der Waals surface area (Å²) in [6.45, 7) is 0. The lowest BCUT2D eigenvalue weighted by atomic mass is 10.2. The molecule has 0 saturated heterocycles. The van der Waals surface area contributed by atoms with E-state index in [4.69, 9.17) is 5.26 Å². The summed E-state index contributed by atoms with van der Waals surface area (Å²) in [6.07, 6.45) is 1.71. The molecule has 0 aliphatic carbocycles. The maximum Gasteiger partial charge on any atom is 0.292 e. The van der Waals surface area contributed by atoms with Crippen LogP contribution in [-0.4, -0.2) is 14.7 Å². The number of hydrogen-bond acceptors (Lipinski definition) is 5. The molecule has 0 spiro atoms. The van der Waals surface area contributed by atoms with Crippen LogP contribution in [0.15, 0.2) is 30.5 Å². The van der Waals surface area contributed by atoms with Gasteiger partial charge in [0, 0.05) is 25.4 Å². The van der Waals surface area contributed by atoms with Gasteiger partial charge in [0.15, 0.2) is 5.82 Å². The van der Waals surface area contributed by atoms with Crippen LogP contribution in [-0.2, 0) is 7.05 Å². The van der Waals surface area contributed by atoms with E-state index in [-0.39, 0.29) is 11.4 Å². The van der Waals surface area contributed by atoms with Gasteiger partial charge in [-0.2, -0.15) is 10.4 Å². The van der Waals surface area contributed by atoms with E-state index in [0.717, 1.165) is 0 Å². The summed E-state index contributed by atoms with van der Waals surface area (Å²) in [4.78, 5) is 10.4. The highest BCUT2D eigenvalue weighted by atomic mass is 16.6. The van der Waals surface area contributed by atoms with E-state index >= 15 is 0 Å². The second-order valence-electron chi connectivity index (χ2n) is 3.60. The second kappa shape index (κ2) is 4.55. The minimum atomic E-state index is -0.508. The maximum absolute atomic E-state index is 10.9. The number of nitrogens with one attached hydrogen (secondary N) is 1. The van der Waals surface area contributed by atoms with E-state index < -0.39 is 4.92 Å². The summed E-state index contributed by atoms with van der Waals surface area (Å²) < 4.78 is 1.57. The largest absolute Gasteiger partial charge is 0.333 e. The highest BCUT2D eigenvalue weighted by molar-refractivity contribution is 5.69. The second-order valence-corrected chi connectivity index (χ2v) is 3.60. The molecule has 1 heterocycles. The molecule has 2 rings (SSSR count). The zero-order chi connectivity index (χ0) is 13.1. The number of benzene rings is 1. The van der Waals surface area contributed by atoms with E-state index in [0.29, 0.717) is 11.4 Å². The molecule has 7 heteroatoms. The Morgan fingerprint density at radius 1 is 1.50 bits per heavy atom. The highest BCUT2D eigenvalue weighted by Crippen LogP contribution is 2.27. The highest BCUT2D eigenvalue weighted by Gasteiger charge is 2.15. The van der Waals surface area contributed by atoms with Gasteiger partial charge in [0.1, 0.15) is 5.69 Å². The van der Waals surface area contributed by atoms with Crippen molar-refractivity contribution in [3.8, 4) is 6.07 Å². The molecule has 0 bridgehead atoms. The van der Waals surface area contributed by atoms with Crippen LogP contribution in [0.4, 0.5) is 17.2 Å². The molecular formula is C11H9N5O2. The summed E-state index contributed by atoms with van der Waals surface area (Å²) >= 11 is 0. The Morgan fingerprint density at radius 3 is 2.83 bits per heavy atom. The van der Waals surface area contributed by atoms with Crippen LogP contribution in [0, 0.1) is 21.4 Å². The lowest BCUT2D eigenvalue weighted by Crippen LogP contribution is -1.99. The van der Waals surface area contributed by atoms with Gasteiger partial charge >= 0.3 is 0 Å². The number of aryl methyl sites for hydroxylation is 1. The molecule has 0 aliphatic rings. The molecule has 0 atom stereocenters. The SMILES string of the molecule is Cn1ccc(Nc2cc(C#N)ccc2[N+](=O)[O-])n1. The molecule has 0 radical (unpaired) electrons. The number of nitriles is 1. The van der Waals surface area contributed by atoms with Gasteiger partial charge in [-0.25, -0.2) is 0 Å². The summed E-state index contributed by atoms with van der Waals surface area (Å²) in [5.74, 6) is 0.482. The van der Waals surface area contributed by atoms with E-state index in [9.17, 15) is 10.1 Å². The fourth-order valence-electron chi connectivity index (χ4n) is 1.48. The van der Waals surface area contributed by atoms with Crippen molar-refractivity contribution >= 4 is 17.2 Å². The van der Waals surface area contributed by atoms with Gasteiger partial charge in [-0.15, -0.1) is 0 Å². The predicted octanol–water partition coefficient (Wildman–Crippen LogP) is 1.94. The average molecular weight is 243 g/mol. The summed E-state index contributed by atoms with van der Waals surface area (Å²) in [7, 11) is 1.74. The Balaban J connectivity index is 2.41. The number of nitro benzene ring substituents is 1. The molecule has 1 aromatic heterocycles. The van der Waals surface area contributed by atoms with Crippen LogP contribution in [0.5, 0.6) is 0 Å². The fraction of sp³-hybridized carbons (Fsp3) is 0.0909. The van der Waals surface area contributed by atoms with Gasteiger partial charge in [-0.1, -0.05) is 0 Å². The normalized spacial score (nSPS) is 9.78. The fourth-order valence-corrected chi connectivity index (χ4v) is 1.48. The topological polar surface area (TPSA) is 96.8 Å². The van der Waals surface area contributed by atoms with Crippen LogP contribution in [0.25, 0.3) is 0 Å². The van der Waals surface area contributed by atoms with E-state index in [1.165, 1.54) is 18.2 Å². The number of anilines is 2. The molecule has 0 unspecified atom stereocenters. The Kier molecular flexibility index (Phi) is 2.93. The molecule has 18 heavy (non-hydrogen) atoms. The van der Waals surface area contributed by atoms with Gasteiger partial charge in [0.05, 0.1) is 16.6 Å². The predicted molar refractivity (Wildman–Crippen MR) is 64.3 cm³/mol. The molecule has 1 aromatic carbocycles. The lowest BCUT2D eigenvalue weighted by Gasteiger charge is -2.04. The maximum atomic E-state index is 10.9. The standard InChI is InChI=1S/C11H9N5O2/c1-15-5-4-11(14-15)13-9-6-8(7-12)2-3-10(9)16(17)18/h2-6H,1H3,(H,13,14). The van der Waals surface area contributed by atoms with Crippen LogP contribution < -0.4 is 5.32 Å². The Morgan fingerprint density at radius 2 is 2.28 bits per heavy atom. The first kappa shape index (κ1) is 11.6. The van der Waals surface area contributed by atoms with Crippen molar-refractivity contribution in [2.24, 2.45) is 7.05 Å². The first-order chi connectivity index (χ1) is 8.60. The quantitative estimate of drug-likeness (QED) is 0.656. The molecule has 0 saturated carbocycles. The van der Waals surface area contributed by atoms with Crippen LogP contribution >= 0.6 is 0 Å². The van der Waals surface area contributed by atoms with Crippen LogP contribution in [0.3, 0.4) is 0 Å². The summed E-state index contributed by atoms with van der Waals surface area (Å²) in [5.41, 5.74) is 0.497. The molecule has 7 nitrogen and oxygen atoms in total. The molecule has 0 aliphatic heterocycles. The Hall–Kier alpha value is -2.88. The van der Waals surface area contributed by atoms with Gasteiger partial charge in [-0.3, -0.25) is 14.8 Å². The van der Waals surface area contributed by atoms with Crippen molar-refractivity contribution in [1.82, 2.24) is 9.78 Å².